The Labute approximate surface area is 135 Å². The fraction of sp³-hybridized carbons (Fsp3) is 0.294. The zero-order valence-electron chi connectivity index (χ0n) is 11.7. The van der Waals surface area contributed by atoms with Gasteiger partial charge < -0.3 is 10.8 Å². The van der Waals surface area contributed by atoms with E-state index in [-0.39, 0.29) is 5.92 Å². The van der Waals surface area contributed by atoms with Crippen LogP contribution in [0.5, 0.6) is 0 Å². The summed E-state index contributed by atoms with van der Waals surface area (Å²) in [4.78, 5) is 0. The van der Waals surface area contributed by atoms with E-state index in [4.69, 9.17) is 28.9 Å². The maximum atomic E-state index is 10.4. The van der Waals surface area contributed by atoms with Gasteiger partial charge in [0.2, 0.25) is 0 Å². The smallest absolute Gasteiger partial charge is 0.0624 e. The Morgan fingerprint density at radius 1 is 1.00 bits per heavy atom. The second-order valence-electron chi connectivity index (χ2n) is 5.11. The molecule has 4 heteroatoms. The van der Waals surface area contributed by atoms with E-state index < -0.39 is 6.10 Å². The average molecular weight is 324 g/mol. The van der Waals surface area contributed by atoms with Crippen molar-refractivity contribution in [3.05, 3.63) is 69.7 Å². The monoisotopic (exact) mass is 323 g/mol. The highest BCUT2D eigenvalue weighted by atomic mass is 35.5. The van der Waals surface area contributed by atoms with Crippen molar-refractivity contribution in [3.8, 4) is 0 Å². The largest absolute Gasteiger partial charge is 0.392 e. The standard InChI is InChI=1S/C17H19Cl2NO/c18-15-8-7-13(10-16(15)19)14(11-20)17(21)9-6-12-4-2-1-3-5-12/h1-5,7-8,10,14,17,21H,6,9,11,20H2. The number of halogens is 2. The van der Waals surface area contributed by atoms with Crippen LogP contribution in [0.2, 0.25) is 10.0 Å². The van der Waals surface area contributed by atoms with Gasteiger partial charge in [-0.2, -0.15) is 0 Å². The molecule has 2 aromatic carbocycles. The first-order valence-corrected chi connectivity index (χ1v) is 7.74. The van der Waals surface area contributed by atoms with Gasteiger partial charge in [0.05, 0.1) is 16.1 Å². The number of hydrogen-bond acceptors (Lipinski definition) is 2. The van der Waals surface area contributed by atoms with Crippen LogP contribution in [0.15, 0.2) is 48.5 Å². The molecule has 0 aliphatic rings. The summed E-state index contributed by atoms with van der Waals surface area (Å²) in [6, 6.07) is 15.5. The zero-order valence-corrected chi connectivity index (χ0v) is 13.2. The molecule has 21 heavy (non-hydrogen) atoms. The summed E-state index contributed by atoms with van der Waals surface area (Å²) >= 11 is 12.0. The molecule has 0 saturated heterocycles. The molecule has 0 saturated carbocycles. The molecule has 2 rings (SSSR count). The van der Waals surface area contributed by atoms with E-state index in [0.717, 1.165) is 12.0 Å². The van der Waals surface area contributed by atoms with Crippen LogP contribution < -0.4 is 5.73 Å². The van der Waals surface area contributed by atoms with E-state index in [1.807, 2.05) is 24.3 Å². The molecule has 0 fully saturated rings. The predicted octanol–water partition coefficient (Wildman–Crippen LogP) is 4.03. The van der Waals surface area contributed by atoms with Crippen molar-refractivity contribution >= 4 is 23.2 Å². The third kappa shape index (κ3) is 4.45. The molecule has 0 bridgehead atoms. The summed E-state index contributed by atoms with van der Waals surface area (Å²) in [5.41, 5.74) is 7.96. The number of hydrogen-bond donors (Lipinski definition) is 2. The summed E-state index contributed by atoms with van der Waals surface area (Å²) in [7, 11) is 0. The van der Waals surface area contributed by atoms with Gasteiger partial charge in [-0.15, -0.1) is 0 Å². The maximum Gasteiger partial charge on any atom is 0.0624 e. The van der Waals surface area contributed by atoms with Gasteiger partial charge in [0.25, 0.3) is 0 Å². The quantitative estimate of drug-likeness (QED) is 0.843. The molecule has 2 aromatic rings. The Kier molecular flexibility index (Phi) is 6.07. The summed E-state index contributed by atoms with van der Waals surface area (Å²) < 4.78 is 0. The summed E-state index contributed by atoms with van der Waals surface area (Å²) in [5.74, 6) is -0.136. The van der Waals surface area contributed by atoms with E-state index in [1.54, 1.807) is 12.1 Å². The first-order chi connectivity index (χ1) is 10.1. The van der Waals surface area contributed by atoms with Gasteiger partial charge >= 0.3 is 0 Å². The van der Waals surface area contributed by atoms with Gasteiger partial charge in [0.1, 0.15) is 0 Å². The molecule has 2 atom stereocenters. The molecule has 0 aromatic heterocycles. The molecular formula is C17H19Cl2NO. The van der Waals surface area contributed by atoms with Gasteiger partial charge in [-0.05, 0) is 36.1 Å². The van der Waals surface area contributed by atoms with Crippen LogP contribution >= 0.6 is 23.2 Å². The maximum absolute atomic E-state index is 10.4. The molecule has 0 spiro atoms. The molecular weight excluding hydrogens is 305 g/mol. The van der Waals surface area contributed by atoms with Crippen LogP contribution in [0.3, 0.4) is 0 Å². The summed E-state index contributed by atoms with van der Waals surface area (Å²) in [6.45, 7) is 0.369. The number of nitrogens with two attached hydrogens (primary N) is 1. The third-order valence-corrected chi connectivity index (χ3v) is 4.40. The van der Waals surface area contributed by atoms with Crippen LogP contribution in [0.25, 0.3) is 0 Å². The topological polar surface area (TPSA) is 46.2 Å². The lowest BCUT2D eigenvalue weighted by molar-refractivity contribution is 0.136. The third-order valence-electron chi connectivity index (χ3n) is 3.66. The SMILES string of the molecule is NCC(c1ccc(Cl)c(Cl)c1)C(O)CCc1ccccc1. The fourth-order valence-electron chi connectivity index (χ4n) is 2.42. The van der Waals surface area contributed by atoms with E-state index >= 15 is 0 Å². The highest BCUT2D eigenvalue weighted by molar-refractivity contribution is 6.42. The van der Waals surface area contributed by atoms with Gasteiger partial charge in [-0.3, -0.25) is 0 Å². The first kappa shape index (κ1) is 16.3. The Balaban J connectivity index is 2.04. The Morgan fingerprint density at radius 2 is 1.71 bits per heavy atom. The summed E-state index contributed by atoms with van der Waals surface area (Å²) in [6.07, 6.45) is 0.971. The van der Waals surface area contributed by atoms with Gasteiger partial charge in [-0.25, -0.2) is 0 Å². The van der Waals surface area contributed by atoms with Crippen molar-refractivity contribution in [3.63, 3.8) is 0 Å². The molecule has 0 amide bonds. The molecule has 3 N–H and O–H groups in total. The Hall–Kier alpha value is -1.06. The minimum Gasteiger partial charge on any atom is -0.392 e. The second-order valence-corrected chi connectivity index (χ2v) is 5.92. The van der Waals surface area contributed by atoms with Crippen molar-refractivity contribution in [1.29, 1.82) is 0 Å². The van der Waals surface area contributed by atoms with E-state index in [0.29, 0.717) is 23.0 Å². The van der Waals surface area contributed by atoms with Crippen LogP contribution in [0.4, 0.5) is 0 Å². The van der Waals surface area contributed by atoms with Crippen molar-refractivity contribution in [2.45, 2.75) is 24.9 Å². The Morgan fingerprint density at radius 3 is 2.33 bits per heavy atom. The highest BCUT2D eigenvalue weighted by Gasteiger charge is 2.20. The van der Waals surface area contributed by atoms with Gasteiger partial charge in [0.15, 0.2) is 0 Å². The number of rotatable bonds is 6. The minimum absolute atomic E-state index is 0.136. The summed E-state index contributed by atoms with van der Waals surface area (Å²) in [5, 5.41) is 11.4. The minimum atomic E-state index is -0.507. The van der Waals surface area contributed by atoms with Crippen molar-refractivity contribution in [1.82, 2.24) is 0 Å². The fourth-order valence-corrected chi connectivity index (χ4v) is 2.73. The number of aryl methyl sites for hydroxylation is 1. The second kappa shape index (κ2) is 7.81. The molecule has 0 radical (unpaired) electrons. The molecule has 0 aliphatic heterocycles. The lowest BCUT2D eigenvalue weighted by Gasteiger charge is -2.22. The lowest BCUT2D eigenvalue weighted by atomic mass is 9.90. The molecule has 0 aliphatic carbocycles. The lowest BCUT2D eigenvalue weighted by Crippen LogP contribution is -2.26. The number of benzene rings is 2. The van der Waals surface area contributed by atoms with Crippen molar-refractivity contribution in [2.75, 3.05) is 6.54 Å². The molecule has 2 unspecified atom stereocenters. The number of aliphatic hydroxyl groups excluding tert-OH is 1. The number of aliphatic hydroxyl groups is 1. The zero-order chi connectivity index (χ0) is 15.2. The van der Waals surface area contributed by atoms with Crippen molar-refractivity contribution < 1.29 is 5.11 Å². The van der Waals surface area contributed by atoms with Crippen LogP contribution in [0.1, 0.15) is 23.5 Å². The highest BCUT2D eigenvalue weighted by Crippen LogP contribution is 2.29. The van der Waals surface area contributed by atoms with E-state index in [9.17, 15) is 5.11 Å². The van der Waals surface area contributed by atoms with Crippen molar-refractivity contribution in [2.24, 2.45) is 5.73 Å². The van der Waals surface area contributed by atoms with Crippen LogP contribution in [-0.2, 0) is 6.42 Å². The first-order valence-electron chi connectivity index (χ1n) is 6.99. The normalized spacial score (nSPS) is 13.9. The van der Waals surface area contributed by atoms with Crippen LogP contribution in [-0.4, -0.2) is 17.8 Å². The van der Waals surface area contributed by atoms with Gasteiger partial charge in [0, 0.05) is 12.5 Å². The predicted molar refractivity (Wildman–Crippen MR) is 89.0 cm³/mol. The Bertz CT molecular complexity index is 574. The van der Waals surface area contributed by atoms with Gasteiger partial charge in [-0.1, -0.05) is 59.6 Å². The molecule has 112 valence electrons. The van der Waals surface area contributed by atoms with E-state index in [1.165, 1.54) is 5.56 Å². The van der Waals surface area contributed by atoms with Crippen LogP contribution in [0, 0.1) is 0 Å². The van der Waals surface area contributed by atoms with E-state index in [2.05, 4.69) is 12.1 Å². The average Bonchev–Trinajstić information content (AvgIpc) is 2.50. The molecule has 2 nitrogen and oxygen atoms in total. The molecule has 0 heterocycles.